The van der Waals surface area contributed by atoms with Crippen molar-refractivity contribution in [3.05, 3.63) is 83.9 Å². The molecule has 0 bridgehead atoms. The van der Waals surface area contributed by atoms with Crippen LogP contribution in [0.1, 0.15) is 46.2 Å². The fourth-order valence-electron chi connectivity index (χ4n) is 4.55. The molecule has 0 atom stereocenters. The second-order valence-electron chi connectivity index (χ2n) is 8.94. The van der Waals surface area contributed by atoms with E-state index in [9.17, 15) is 9.59 Å². The van der Waals surface area contributed by atoms with Gasteiger partial charge in [0.15, 0.2) is 0 Å². The van der Waals surface area contributed by atoms with Crippen LogP contribution in [0.4, 0.5) is 0 Å². The first-order valence-electron chi connectivity index (χ1n) is 11.7. The molecule has 0 spiro atoms. The number of carbonyl (C=O) groups excluding carboxylic acids is 2. The topological polar surface area (TPSA) is 97.0 Å². The minimum atomic E-state index is -0.475. The number of nitrogens with one attached hydrogen (secondary N) is 2. The molecule has 5 aromatic rings. The smallest absolute Gasteiger partial charge is 0.356 e. The van der Waals surface area contributed by atoms with Gasteiger partial charge in [-0.2, -0.15) is 0 Å². The molecule has 7 nitrogen and oxygen atoms in total. The number of methoxy groups -OCH3 is 1. The lowest BCUT2D eigenvalue weighted by molar-refractivity contribution is 0.0594. The van der Waals surface area contributed by atoms with Gasteiger partial charge in [0.25, 0.3) is 5.91 Å². The number of ether oxygens (including phenoxy) is 1. The minimum Gasteiger partial charge on any atom is -0.464 e. The number of pyridine rings is 2. The van der Waals surface area contributed by atoms with Crippen LogP contribution >= 0.6 is 0 Å². The lowest BCUT2D eigenvalue weighted by Crippen LogP contribution is -2.17. The van der Waals surface area contributed by atoms with Crippen LogP contribution in [0.5, 0.6) is 0 Å². The predicted octanol–water partition coefficient (Wildman–Crippen LogP) is 5.71. The molecule has 0 saturated carbocycles. The van der Waals surface area contributed by atoms with Crippen LogP contribution in [-0.2, 0) is 4.74 Å². The Bertz CT molecular complexity index is 1620. The second kappa shape index (κ2) is 9.26. The van der Waals surface area contributed by atoms with E-state index in [0.29, 0.717) is 5.56 Å². The highest BCUT2D eigenvalue weighted by atomic mass is 16.5. The third-order valence-electron chi connectivity index (χ3n) is 6.44. The van der Waals surface area contributed by atoms with E-state index in [2.05, 4.69) is 53.4 Å². The van der Waals surface area contributed by atoms with Crippen molar-refractivity contribution in [2.45, 2.75) is 19.8 Å². The Balaban J connectivity index is 1.63. The Kier molecular flexibility index (Phi) is 5.98. The summed E-state index contributed by atoms with van der Waals surface area (Å²) in [4.78, 5) is 36.4. The van der Waals surface area contributed by atoms with Crippen molar-refractivity contribution < 1.29 is 14.3 Å². The van der Waals surface area contributed by atoms with E-state index >= 15 is 0 Å². The molecule has 0 fully saturated rings. The fraction of sp³-hybridized carbons (Fsp3) is 0.172. The zero-order valence-electron chi connectivity index (χ0n) is 20.5. The van der Waals surface area contributed by atoms with Crippen molar-refractivity contribution in [3.63, 3.8) is 0 Å². The van der Waals surface area contributed by atoms with Gasteiger partial charge in [0.1, 0.15) is 5.69 Å². The van der Waals surface area contributed by atoms with Gasteiger partial charge in [-0.25, -0.2) is 9.78 Å². The zero-order valence-corrected chi connectivity index (χ0v) is 20.5. The van der Waals surface area contributed by atoms with Crippen molar-refractivity contribution in [2.24, 2.45) is 0 Å². The number of hydrogen-bond donors (Lipinski definition) is 2. The summed E-state index contributed by atoms with van der Waals surface area (Å²) in [5.74, 6) is -0.328. The Morgan fingerprint density at radius 2 is 1.81 bits per heavy atom. The number of rotatable bonds is 5. The van der Waals surface area contributed by atoms with Crippen LogP contribution in [0.2, 0.25) is 0 Å². The Morgan fingerprint density at radius 1 is 0.972 bits per heavy atom. The molecule has 3 aromatic heterocycles. The summed E-state index contributed by atoms with van der Waals surface area (Å²) in [5.41, 5.74) is 6.64. The van der Waals surface area contributed by atoms with Crippen LogP contribution in [-0.4, -0.2) is 41.0 Å². The molecule has 5 rings (SSSR count). The van der Waals surface area contributed by atoms with E-state index in [-0.39, 0.29) is 17.5 Å². The van der Waals surface area contributed by atoms with E-state index < -0.39 is 5.97 Å². The third-order valence-corrected chi connectivity index (χ3v) is 6.44. The lowest BCUT2D eigenvalue weighted by atomic mass is 9.91. The third kappa shape index (κ3) is 3.98. The van der Waals surface area contributed by atoms with Crippen LogP contribution in [0.25, 0.3) is 44.1 Å². The van der Waals surface area contributed by atoms with E-state index in [1.54, 1.807) is 25.5 Å². The summed E-state index contributed by atoms with van der Waals surface area (Å²) in [6.45, 7) is 4.30. The normalized spacial score (nSPS) is 11.2. The van der Waals surface area contributed by atoms with Gasteiger partial charge >= 0.3 is 5.97 Å². The first kappa shape index (κ1) is 23.2. The molecule has 180 valence electrons. The zero-order chi connectivity index (χ0) is 25.4. The molecule has 2 N–H and O–H groups in total. The first-order chi connectivity index (χ1) is 17.4. The average molecular weight is 479 g/mol. The number of amides is 1. The maximum Gasteiger partial charge on any atom is 0.356 e. The van der Waals surface area contributed by atoms with Crippen LogP contribution in [0.3, 0.4) is 0 Å². The van der Waals surface area contributed by atoms with E-state index in [0.717, 1.165) is 49.6 Å². The molecular weight excluding hydrogens is 452 g/mol. The number of aromatic nitrogens is 3. The number of carbonyl (C=O) groups is 2. The number of benzene rings is 2. The Labute approximate surface area is 208 Å². The standard InChI is InChI=1S/C29H26N4O3/c1-16(2)21-10-19(11-22-24(28(34)30-3)15-33-27(21)22)20-7-5-6-17-12-26(32-14-23(17)20)18-8-9-25(31-13-18)29(35)36-4/h5-16,33H,1-4H3,(H,30,34). The monoisotopic (exact) mass is 478 g/mol. The van der Waals surface area contributed by atoms with Crippen molar-refractivity contribution in [1.82, 2.24) is 20.3 Å². The van der Waals surface area contributed by atoms with Crippen LogP contribution in [0.15, 0.2) is 67.1 Å². The Morgan fingerprint density at radius 3 is 2.50 bits per heavy atom. The molecule has 0 aliphatic rings. The Hall–Kier alpha value is -4.52. The molecule has 7 heteroatoms. The summed E-state index contributed by atoms with van der Waals surface area (Å²) < 4.78 is 4.72. The molecule has 3 heterocycles. The van der Waals surface area contributed by atoms with Gasteiger partial charge in [0.2, 0.25) is 0 Å². The lowest BCUT2D eigenvalue weighted by Gasteiger charge is -2.14. The van der Waals surface area contributed by atoms with Gasteiger partial charge in [-0.3, -0.25) is 9.78 Å². The molecule has 0 saturated heterocycles. The number of fused-ring (bicyclic) bond motifs is 2. The molecule has 1 amide bonds. The summed E-state index contributed by atoms with van der Waals surface area (Å²) in [6, 6.07) is 15.9. The number of esters is 1. The van der Waals surface area contributed by atoms with Crippen molar-refractivity contribution >= 4 is 33.6 Å². The largest absolute Gasteiger partial charge is 0.464 e. The number of aromatic amines is 1. The van der Waals surface area contributed by atoms with Gasteiger partial charge in [-0.15, -0.1) is 0 Å². The van der Waals surface area contributed by atoms with Crippen molar-refractivity contribution in [1.29, 1.82) is 0 Å². The molecular formula is C29H26N4O3. The molecule has 36 heavy (non-hydrogen) atoms. The average Bonchev–Trinajstić information content (AvgIpc) is 3.35. The van der Waals surface area contributed by atoms with E-state index in [1.165, 1.54) is 7.11 Å². The summed E-state index contributed by atoms with van der Waals surface area (Å²) in [6.07, 6.45) is 5.26. The predicted molar refractivity (Wildman–Crippen MR) is 141 cm³/mol. The second-order valence-corrected chi connectivity index (χ2v) is 8.94. The van der Waals surface area contributed by atoms with Gasteiger partial charge in [0.05, 0.1) is 18.4 Å². The number of H-pyrrole nitrogens is 1. The van der Waals surface area contributed by atoms with Gasteiger partial charge < -0.3 is 15.0 Å². The van der Waals surface area contributed by atoms with Crippen molar-refractivity contribution in [2.75, 3.05) is 14.2 Å². The summed E-state index contributed by atoms with van der Waals surface area (Å²) >= 11 is 0. The molecule has 0 unspecified atom stereocenters. The molecule has 0 aliphatic carbocycles. The molecule has 2 aromatic carbocycles. The SMILES string of the molecule is CNC(=O)c1c[nH]c2c(C(C)C)cc(-c3cccc4cc(-c5ccc(C(=O)OC)nc5)ncc34)cc12. The highest BCUT2D eigenvalue weighted by molar-refractivity contribution is 6.09. The molecule has 0 aliphatic heterocycles. The van der Waals surface area contributed by atoms with Gasteiger partial charge in [-0.1, -0.05) is 32.0 Å². The first-order valence-corrected chi connectivity index (χ1v) is 11.7. The maximum absolute atomic E-state index is 12.5. The number of hydrogen-bond acceptors (Lipinski definition) is 5. The maximum atomic E-state index is 12.5. The molecule has 0 radical (unpaired) electrons. The van der Waals surface area contributed by atoms with Gasteiger partial charge in [-0.05, 0) is 58.3 Å². The van der Waals surface area contributed by atoms with E-state index in [1.807, 2.05) is 24.4 Å². The van der Waals surface area contributed by atoms with Gasteiger partial charge in [0, 0.05) is 47.5 Å². The quantitative estimate of drug-likeness (QED) is 0.315. The van der Waals surface area contributed by atoms with Crippen LogP contribution in [0, 0.1) is 0 Å². The summed E-state index contributed by atoms with van der Waals surface area (Å²) in [7, 11) is 2.97. The minimum absolute atomic E-state index is 0.121. The highest BCUT2D eigenvalue weighted by Gasteiger charge is 2.18. The summed E-state index contributed by atoms with van der Waals surface area (Å²) in [5, 5.41) is 5.66. The van der Waals surface area contributed by atoms with Crippen molar-refractivity contribution in [3.8, 4) is 22.4 Å². The number of nitrogens with zero attached hydrogens (tertiary/aromatic N) is 2. The van der Waals surface area contributed by atoms with E-state index in [4.69, 9.17) is 9.72 Å². The van der Waals surface area contributed by atoms with Crippen LogP contribution < -0.4 is 5.32 Å². The highest BCUT2D eigenvalue weighted by Crippen LogP contribution is 2.36. The fourth-order valence-corrected chi connectivity index (χ4v) is 4.55.